The lowest BCUT2D eigenvalue weighted by atomic mass is 9.46. The third-order valence-electron chi connectivity index (χ3n) is 8.33. The van der Waals surface area contributed by atoms with Gasteiger partial charge in [0.15, 0.2) is 5.79 Å². The molecular formula is C19H30FNO. The summed E-state index contributed by atoms with van der Waals surface area (Å²) in [6, 6.07) is 0. The van der Waals surface area contributed by atoms with Crippen molar-refractivity contribution in [2.45, 2.75) is 70.7 Å². The summed E-state index contributed by atoms with van der Waals surface area (Å²) < 4.78 is 14.9. The third-order valence-corrected chi connectivity index (χ3v) is 8.33. The summed E-state index contributed by atoms with van der Waals surface area (Å²) in [5.41, 5.74) is 5.93. The van der Waals surface area contributed by atoms with Gasteiger partial charge in [0.25, 0.3) is 0 Å². The van der Waals surface area contributed by atoms with Crippen molar-refractivity contribution >= 4 is 0 Å². The van der Waals surface area contributed by atoms with Gasteiger partial charge in [-0.05, 0) is 74.0 Å². The van der Waals surface area contributed by atoms with Crippen LogP contribution in [0.3, 0.4) is 0 Å². The molecule has 22 heavy (non-hydrogen) atoms. The first-order chi connectivity index (χ1) is 10.3. The molecule has 0 amide bonds. The van der Waals surface area contributed by atoms with Crippen molar-refractivity contribution in [3.05, 3.63) is 12.2 Å². The topological polar surface area (TPSA) is 46.2 Å². The quantitative estimate of drug-likeness (QED) is 0.528. The standard InChI is InChI=1S/C19H30FNO/c1-17-8-5-13(22)11-12(17)3-4-14-15(17)6-9-18(2)16(14)7-10-19(18,20)21/h5,8,12-16,22H,3-4,6-7,9-11,21H2,1-2H3/t12?,13?,14-,15-,16+,17+,18+,19?/m1/s1. The fourth-order valence-electron chi connectivity index (χ4n) is 6.81. The van der Waals surface area contributed by atoms with Crippen LogP contribution >= 0.6 is 0 Å². The SMILES string of the molecule is C[C@]12C=CC(O)CC1CC[C@@H]1[C@H]2CC[C@@]2(C)[C@H]1CCC2(N)F. The van der Waals surface area contributed by atoms with Crippen LogP contribution in [0.25, 0.3) is 0 Å². The van der Waals surface area contributed by atoms with Gasteiger partial charge in [0.2, 0.25) is 0 Å². The number of hydrogen-bond donors (Lipinski definition) is 2. The molecule has 0 aromatic heterocycles. The first-order valence-corrected chi connectivity index (χ1v) is 9.13. The van der Waals surface area contributed by atoms with Gasteiger partial charge in [0.05, 0.1) is 6.10 Å². The average Bonchev–Trinajstić information content (AvgIpc) is 2.70. The molecule has 3 heteroatoms. The molecule has 3 unspecified atom stereocenters. The van der Waals surface area contributed by atoms with E-state index in [1.165, 1.54) is 12.8 Å². The van der Waals surface area contributed by atoms with E-state index in [9.17, 15) is 9.50 Å². The third kappa shape index (κ3) is 1.78. The van der Waals surface area contributed by atoms with Crippen LogP contribution in [0, 0.1) is 34.5 Å². The van der Waals surface area contributed by atoms with Gasteiger partial charge in [-0.3, -0.25) is 5.73 Å². The second-order valence-corrected chi connectivity index (χ2v) is 9.04. The zero-order valence-electron chi connectivity index (χ0n) is 13.9. The van der Waals surface area contributed by atoms with Crippen LogP contribution in [0.5, 0.6) is 0 Å². The minimum Gasteiger partial charge on any atom is -0.389 e. The van der Waals surface area contributed by atoms with E-state index in [2.05, 4.69) is 19.9 Å². The summed E-state index contributed by atoms with van der Waals surface area (Å²) in [6.07, 6.45) is 10.8. The molecule has 124 valence electrons. The molecule has 0 radical (unpaired) electrons. The zero-order valence-corrected chi connectivity index (χ0v) is 13.9. The van der Waals surface area contributed by atoms with E-state index < -0.39 is 5.79 Å². The Bertz CT molecular complexity index is 504. The molecule has 4 aliphatic carbocycles. The predicted molar refractivity (Wildman–Crippen MR) is 85.7 cm³/mol. The van der Waals surface area contributed by atoms with E-state index in [4.69, 9.17) is 5.73 Å². The number of hydrogen-bond acceptors (Lipinski definition) is 2. The van der Waals surface area contributed by atoms with Gasteiger partial charge in [-0.2, -0.15) is 0 Å². The number of alkyl halides is 1. The lowest BCUT2D eigenvalue weighted by molar-refractivity contribution is -0.111. The number of aliphatic hydroxyl groups excluding tert-OH is 1. The maximum absolute atomic E-state index is 14.9. The fraction of sp³-hybridized carbons (Fsp3) is 0.895. The smallest absolute Gasteiger partial charge is 0.164 e. The lowest BCUT2D eigenvalue weighted by Crippen LogP contribution is -2.57. The molecule has 3 fully saturated rings. The summed E-state index contributed by atoms with van der Waals surface area (Å²) in [6.45, 7) is 4.50. The van der Waals surface area contributed by atoms with Gasteiger partial charge in [0.1, 0.15) is 0 Å². The van der Waals surface area contributed by atoms with E-state index in [0.717, 1.165) is 25.7 Å². The van der Waals surface area contributed by atoms with Crippen molar-refractivity contribution in [1.29, 1.82) is 0 Å². The van der Waals surface area contributed by atoms with Gasteiger partial charge in [-0.1, -0.05) is 26.0 Å². The van der Waals surface area contributed by atoms with E-state index in [-0.39, 0.29) is 16.9 Å². The normalized spacial score (nSPS) is 60.5. The molecule has 0 aromatic rings. The first kappa shape index (κ1) is 15.1. The number of allylic oxidation sites excluding steroid dienone is 1. The number of rotatable bonds is 0. The Labute approximate surface area is 133 Å². The summed E-state index contributed by atoms with van der Waals surface area (Å²) in [5.74, 6) is 0.814. The van der Waals surface area contributed by atoms with Crippen LogP contribution < -0.4 is 5.73 Å². The number of aliphatic hydroxyl groups is 1. The van der Waals surface area contributed by atoms with Crippen molar-refractivity contribution in [2.24, 2.45) is 40.2 Å². The van der Waals surface area contributed by atoms with Crippen molar-refractivity contribution in [2.75, 3.05) is 0 Å². The summed E-state index contributed by atoms with van der Waals surface area (Å²) >= 11 is 0. The molecule has 3 saturated carbocycles. The molecule has 4 aliphatic rings. The Morgan fingerprint density at radius 3 is 2.59 bits per heavy atom. The van der Waals surface area contributed by atoms with Crippen LogP contribution in [-0.4, -0.2) is 17.0 Å². The van der Waals surface area contributed by atoms with Crippen LogP contribution in [0.2, 0.25) is 0 Å². The van der Waals surface area contributed by atoms with Gasteiger partial charge in [0, 0.05) is 5.41 Å². The molecule has 8 atom stereocenters. The van der Waals surface area contributed by atoms with E-state index in [1.807, 2.05) is 6.08 Å². The Morgan fingerprint density at radius 1 is 1.09 bits per heavy atom. The van der Waals surface area contributed by atoms with E-state index in [0.29, 0.717) is 30.1 Å². The second kappa shape index (κ2) is 4.57. The van der Waals surface area contributed by atoms with Crippen LogP contribution in [0.1, 0.15) is 58.8 Å². The van der Waals surface area contributed by atoms with Crippen LogP contribution in [-0.2, 0) is 0 Å². The summed E-state index contributed by atoms with van der Waals surface area (Å²) in [5, 5.41) is 9.97. The van der Waals surface area contributed by atoms with Crippen LogP contribution in [0.15, 0.2) is 12.2 Å². The van der Waals surface area contributed by atoms with Crippen molar-refractivity contribution in [1.82, 2.24) is 0 Å². The first-order valence-electron chi connectivity index (χ1n) is 9.13. The Morgan fingerprint density at radius 2 is 1.82 bits per heavy atom. The van der Waals surface area contributed by atoms with Crippen molar-refractivity contribution in [3.8, 4) is 0 Å². The zero-order chi connectivity index (χ0) is 15.8. The second-order valence-electron chi connectivity index (χ2n) is 9.04. The maximum atomic E-state index is 14.9. The van der Waals surface area contributed by atoms with E-state index >= 15 is 0 Å². The molecule has 0 bridgehead atoms. The van der Waals surface area contributed by atoms with Crippen molar-refractivity contribution < 1.29 is 9.50 Å². The molecule has 0 spiro atoms. The molecule has 3 N–H and O–H groups in total. The Balaban J connectivity index is 1.68. The highest BCUT2D eigenvalue weighted by Gasteiger charge is 2.64. The molecule has 0 saturated heterocycles. The highest BCUT2D eigenvalue weighted by Crippen LogP contribution is 2.67. The lowest BCUT2D eigenvalue weighted by Gasteiger charge is -2.59. The highest BCUT2D eigenvalue weighted by molar-refractivity contribution is 5.18. The number of halogens is 1. The molecule has 0 aromatic carbocycles. The minimum atomic E-state index is -1.47. The monoisotopic (exact) mass is 307 g/mol. The number of fused-ring (bicyclic) bond motifs is 5. The minimum absolute atomic E-state index is 0.194. The fourth-order valence-corrected chi connectivity index (χ4v) is 6.81. The largest absolute Gasteiger partial charge is 0.389 e. The van der Waals surface area contributed by atoms with Gasteiger partial charge in [-0.25, -0.2) is 4.39 Å². The van der Waals surface area contributed by atoms with Gasteiger partial charge < -0.3 is 5.11 Å². The van der Waals surface area contributed by atoms with Gasteiger partial charge in [-0.15, -0.1) is 0 Å². The molecular weight excluding hydrogens is 277 g/mol. The molecule has 0 aliphatic heterocycles. The highest BCUT2D eigenvalue weighted by atomic mass is 19.1. The number of nitrogens with two attached hydrogens (primary N) is 1. The van der Waals surface area contributed by atoms with Crippen LogP contribution in [0.4, 0.5) is 4.39 Å². The van der Waals surface area contributed by atoms with Gasteiger partial charge >= 0.3 is 0 Å². The maximum Gasteiger partial charge on any atom is 0.164 e. The molecule has 2 nitrogen and oxygen atoms in total. The summed E-state index contributed by atoms with van der Waals surface area (Å²) in [7, 11) is 0. The Kier molecular flexibility index (Phi) is 3.14. The molecule has 4 rings (SSSR count). The summed E-state index contributed by atoms with van der Waals surface area (Å²) in [4.78, 5) is 0. The average molecular weight is 307 g/mol. The van der Waals surface area contributed by atoms with E-state index in [1.54, 1.807) is 0 Å². The molecule has 0 heterocycles. The van der Waals surface area contributed by atoms with Crippen molar-refractivity contribution in [3.63, 3.8) is 0 Å². The predicted octanol–water partition coefficient (Wildman–Crippen LogP) is 3.79. The Hall–Kier alpha value is -0.410.